The third-order valence-corrected chi connectivity index (χ3v) is 3.67. The fourth-order valence-electron chi connectivity index (χ4n) is 2.10. The van der Waals surface area contributed by atoms with E-state index in [1.807, 2.05) is 49.4 Å². The van der Waals surface area contributed by atoms with Gasteiger partial charge in [-0.05, 0) is 47.7 Å². The topological polar surface area (TPSA) is 37.3 Å². The van der Waals surface area contributed by atoms with Gasteiger partial charge in [0.2, 0.25) is 0 Å². The zero-order valence-electron chi connectivity index (χ0n) is 11.4. The van der Waals surface area contributed by atoms with Crippen LogP contribution in [0.25, 0.3) is 16.7 Å². The van der Waals surface area contributed by atoms with Gasteiger partial charge in [0.25, 0.3) is 0 Å². The Labute approximate surface area is 123 Å². The van der Waals surface area contributed by atoms with Crippen molar-refractivity contribution in [3.8, 4) is 11.1 Å². The lowest BCUT2D eigenvalue weighted by Gasteiger charge is -2.09. The second-order valence-corrected chi connectivity index (χ2v) is 5.06. The van der Waals surface area contributed by atoms with E-state index in [9.17, 15) is 4.79 Å². The molecule has 3 heteroatoms. The maximum Gasteiger partial charge on any atom is 0.328 e. The molecule has 0 atom stereocenters. The monoisotopic (exact) mass is 286 g/mol. The van der Waals surface area contributed by atoms with Gasteiger partial charge in [-0.25, -0.2) is 4.79 Å². The molecular formula is C17H15ClO2. The van der Waals surface area contributed by atoms with Crippen LogP contribution in [0, 0.1) is 6.92 Å². The second-order valence-electron chi connectivity index (χ2n) is 4.66. The van der Waals surface area contributed by atoms with Crippen LogP contribution >= 0.6 is 11.6 Å². The summed E-state index contributed by atoms with van der Waals surface area (Å²) in [4.78, 5) is 10.7. The molecule has 102 valence electrons. The van der Waals surface area contributed by atoms with Crippen LogP contribution in [-0.2, 0) is 4.79 Å². The van der Waals surface area contributed by atoms with E-state index in [0.717, 1.165) is 32.8 Å². The second kappa shape index (κ2) is 5.93. The molecule has 0 aliphatic carbocycles. The molecule has 0 unspecified atom stereocenters. The number of aliphatic carboxylic acids is 1. The van der Waals surface area contributed by atoms with Crippen LogP contribution in [0.15, 0.2) is 48.5 Å². The molecule has 2 aromatic carbocycles. The van der Waals surface area contributed by atoms with Crippen molar-refractivity contribution in [3.63, 3.8) is 0 Å². The van der Waals surface area contributed by atoms with Crippen molar-refractivity contribution in [1.82, 2.24) is 0 Å². The van der Waals surface area contributed by atoms with Gasteiger partial charge >= 0.3 is 5.97 Å². The maximum absolute atomic E-state index is 10.7. The van der Waals surface area contributed by atoms with E-state index < -0.39 is 5.97 Å². The fraction of sp³-hybridized carbons (Fsp3) is 0.118. The van der Waals surface area contributed by atoms with Crippen molar-refractivity contribution in [3.05, 3.63) is 64.7 Å². The summed E-state index contributed by atoms with van der Waals surface area (Å²) in [6, 6.07) is 13.6. The van der Waals surface area contributed by atoms with Crippen molar-refractivity contribution >= 4 is 23.1 Å². The van der Waals surface area contributed by atoms with E-state index in [1.54, 1.807) is 6.92 Å². The first-order chi connectivity index (χ1) is 9.49. The first-order valence-corrected chi connectivity index (χ1v) is 6.64. The molecule has 1 N–H and O–H groups in total. The van der Waals surface area contributed by atoms with E-state index in [4.69, 9.17) is 16.7 Å². The Hall–Kier alpha value is -2.06. The predicted molar refractivity (Wildman–Crippen MR) is 82.9 cm³/mol. The molecule has 0 heterocycles. The van der Waals surface area contributed by atoms with Crippen LogP contribution in [0.5, 0.6) is 0 Å². The van der Waals surface area contributed by atoms with Crippen molar-refractivity contribution in [2.75, 3.05) is 0 Å². The minimum absolute atomic E-state index is 0.729. The van der Waals surface area contributed by atoms with Crippen LogP contribution in [0.4, 0.5) is 0 Å². The Bertz CT molecular complexity index is 670. The number of carboxylic acids is 1. The zero-order chi connectivity index (χ0) is 14.7. The van der Waals surface area contributed by atoms with E-state index in [1.165, 1.54) is 6.08 Å². The van der Waals surface area contributed by atoms with Gasteiger partial charge in [-0.1, -0.05) is 48.0 Å². The average molecular weight is 287 g/mol. The normalized spacial score (nSPS) is 11.4. The molecule has 0 bridgehead atoms. The summed E-state index contributed by atoms with van der Waals surface area (Å²) in [6.07, 6.45) is 1.21. The molecule has 0 saturated heterocycles. The molecular weight excluding hydrogens is 272 g/mol. The lowest BCUT2D eigenvalue weighted by Crippen LogP contribution is -1.90. The van der Waals surface area contributed by atoms with Gasteiger partial charge in [-0.3, -0.25) is 0 Å². The summed E-state index contributed by atoms with van der Waals surface area (Å²) in [7, 11) is 0. The van der Waals surface area contributed by atoms with Gasteiger partial charge in [0, 0.05) is 11.1 Å². The third kappa shape index (κ3) is 3.09. The number of hydrogen-bond donors (Lipinski definition) is 1. The molecule has 20 heavy (non-hydrogen) atoms. The molecule has 0 radical (unpaired) electrons. The molecule has 2 aromatic rings. The largest absolute Gasteiger partial charge is 0.478 e. The molecule has 2 rings (SSSR count). The molecule has 0 amide bonds. The minimum atomic E-state index is -0.933. The highest BCUT2D eigenvalue weighted by molar-refractivity contribution is 6.31. The quantitative estimate of drug-likeness (QED) is 0.823. The fourth-order valence-corrected chi connectivity index (χ4v) is 2.28. The van der Waals surface area contributed by atoms with Crippen molar-refractivity contribution in [2.45, 2.75) is 13.8 Å². The third-order valence-electron chi connectivity index (χ3n) is 3.26. The number of rotatable bonds is 3. The summed E-state index contributed by atoms with van der Waals surface area (Å²) in [5.74, 6) is -0.933. The van der Waals surface area contributed by atoms with E-state index in [2.05, 4.69) is 0 Å². The smallest absolute Gasteiger partial charge is 0.328 e. The molecule has 0 aliphatic rings. The Morgan fingerprint density at radius 1 is 1.15 bits per heavy atom. The summed E-state index contributed by atoms with van der Waals surface area (Å²) in [6.45, 7) is 3.77. The van der Waals surface area contributed by atoms with Crippen LogP contribution < -0.4 is 0 Å². The van der Waals surface area contributed by atoms with Gasteiger partial charge in [0.05, 0.1) is 0 Å². The van der Waals surface area contributed by atoms with Gasteiger partial charge < -0.3 is 5.11 Å². The van der Waals surface area contributed by atoms with Crippen molar-refractivity contribution in [1.29, 1.82) is 0 Å². The number of allylic oxidation sites excluding steroid dienone is 1. The number of carboxylic acid groups (broad SMARTS) is 1. The van der Waals surface area contributed by atoms with Gasteiger partial charge in [0.15, 0.2) is 0 Å². The first-order valence-electron chi connectivity index (χ1n) is 6.26. The number of benzene rings is 2. The van der Waals surface area contributed by atoms with Gasteiger partial charge in [0.1, 0.15) is 0 Å². The first kappa shape index (κ1) is 14.4. The Morgan fingerprint density at radius 2 is 1.80 bits per heavy atom. The van der Waals surface area contributed by atoms with Crippen LogP contribution in [0.2, 0.25) is 5.02 Å². The Morgan fingerprint density at radius 3 is 2.40 bits per heavy atom. The highest BCUT2D eigenvalue weighted by Gasteiger charge is 2.05. The maximum atomic E-state index is 10.7. The minimum Gasteiger partial charge on any atom is -0.478 e. The summed E-state index contributed by atoms with van der Waals surface area (Å²) >= 11 is 6.13. The molecule has 0 saturated carbocycles. The number of hydrogen-bond acceptors (Lipinski definition) is 1. The summed E-state index contributed by atoms with van der Waals surface area (Å²) < 4.78 is 0. The van der Waals surface area contributed by atoms with E-state index in [0.29, 0.717) is 0 Å². The Balaban J connectivity index is 2.38. The summed E-state index contributed by atoms with van der Waals surface area (Å²) in [5, 5.41) is 9.50. The van der Waals surface area contributed by atoms with Crippen LogP contribution in [-0.4, -0.2) is 11.1 Å². The van der Waals surface area contributed by atoms with Crippen LogP contribution in [0.3, 0.4) is 0 Å². The lowest BCUT2D eigenvalue weighted by atomic mass is 9.98. The average Bonchev–Trinajstić information content (AvgIpc) is 2.41. The zero-order valence-corrected chi connectivity index (χ0v) is 12.1. The van der Waals surface area contributed by atoms with E-state index >= 15 is 0 Å². The molecule has 0 spiro atoms. The lowest BCUT2D eigenvalue weighted by molar-refractivity contribution is -0.131. The highest BCUT2D eigenvalue weighted by atomic mass is 35.5. The molecule has 0 fully saturated rings. The number of halogens is 1. The van der Waals surface area contributed by atoms with Crippen molar-refractivity contribution < 1.29 is 9.90 Å². The highest BCUT2D eigenvalue weighted by Crippen LogP contribution is 2.29. The van der Waals surface area contributed by atoms with E-state index in [-0.39, 0.29) is 0 Å². The predicted octanol–water partition coefficient (Wildman–Crippen LogP) is 4.80. The molecule has 0 aliphatic heterocycles. The van der Waals surface area contributed by atoms with Crippen molar-refractivity contribution in [2.24, 2.45) is 0 Å². The van der Waals surface area contributed by atoms with Gasteiger partial charge in [-0.2, -0.15) is 0 Å². The molecule has 0 aromatic heterocycles. The van der Waals surface area contributed by atoms with Crippen LogP contribution in [0.1, 0.15) is 18.1 Å². The molecule has 2 nitrogen and oxygen atoms in total. The Kier molecular flexibility index (Phi) is 4.26. The standard InChI is InChI=1S/C17H15ClO2/c1-11(10-17(19)20)13-6-8-14(9-7-13)15-4-3-5-16(18)12(15)2/h3-10H,1-2H3,(H,19,20)/b11-10+. The SMILES string of the molecule is C/C(=C\C(=O)O)c1ccc(-c2cccc(Cl)c2C)cc1. The number of carbonyl (C=O) groups is 1. The van der Waals surface area contributed by atoms with Gasteiger partial charge in [-0.15, -0.1) is 0 Å². The summed E-state index contributed by atoms with van der Waals surface area (Å²) in [5.41, 5.74) is 4.82.